The fourth-order valence-corrected chi connectivity index (χ4v) is 4.52. The highest BCUT2D eigenvalue weighted by molar-refractivity contribution is 5.85. The molecule has 2 aliphatic rings. The molecule has 158 valence electrons. The topological polar surface area (TPSA) is 74.1 Å². The summed E-state index contributed by atoms with van der Waals surface area (Å²) < 4.78 is 14.5. The van der Waals surface area contributed by atoms with Crippen molar-refractivity contribution in [3.8, 4) is 11.5 Å². The summed E-state index contributed by atoms with van der Waals surface area (Å²) in [4.78, 5) is 8.84. The molecule has 2 aromatic heterocycles. The second kappa shape index (κ2) is 7.53. The molecule has 2 aromatic carbocycles. The number of para-hydroxylation sites is 2. The van der Waals surface area contributed by atoms with Gasteiger partial charge in [0.2, 0.25) is 5.95 Å². The predicted octanol–water partition coefficient (Wildman–Crippen LogP) is 4.63. The van der Waals surface area contributed by atoms with E-state index in [9.17, 15) is 0 Å². The number of nitrogens with zero attached hydrogens (tertiary/aromatic N) is 4. The van der Waals surface area contributed by atoms with Crippen LogP contribution in [0.4, 0.5) is 5.95 Å². The van der Waals surface area contributed by atoms with Crippen LogP contribution in [-0.2, 0) is 0 Å². The van der Waals surface area contributed by atoms with Gasteiger partial charge in [0.1, 0.15) is 23.9 Å². The number of benzene rings is 2. The molecule has 0 spiro atoms. The third kappa shape index (κ3) is 2.85. The molecular formula is C25H21N5O2. The Kier molecular flexibility index (Phi) is 4.38. The van der Waals surface area contributed by atoms with Crippen molar-refractivity contribution in [2.24, 2.45) is 0 Å². The minimum absolute atomic E-state index is 0.231. The number of hydrogen-bond acceptors (Lipinski definition) is 6. The van der Waals surface area contributed by atoms with E-state index in [1.165, 1.54) is 0 Å². The molecule has 0 radical (unpaired) electrons. The second-order valence-electron chi connectivity index (χ2n) is 7.64. The van der Waals surface area contributed by atoms with Crippen LogP contribution in [0.25, 0.3) is 5.70 Å². The molecule has 7 heteroatoms. The monoisotopic (exact) mass is 423 g/mol. The quantitative estimate of drug-likeness (QED) is 0.516. The van der Waals surface area contributed by atoms with Gasteiger partial charge >= 0.3 is 0 Å². The third-order valence-electron chi connectivity index (χ3n) is 5.82. The average Bonchev–Trinajstić information content (AvgIpc) is 3.32. The van der Waals surface area contributed by atoms with Crippen molar-refractivity contribution in [1.82, 2.24) is 19.7 Å². The maximum Gasteiger partial charge on any atom is 0.226 e. The molecule has 0 saturated carbocycles. The molecular weight excluding hydrogens is 402 g/mol. The summed E-state index contributed by atoms with van der Waals surface area (Å²) in [7, 11) is 0. The number of aromatic nitrogens is 4. The van der Waals surface area contributed by atoms with Crippen LogP contribution >= 0.6 is 0 Å². The summed E-state index contributed by atoms with van der Waals surface area (Å²) >= 11 is 0. The zero-order chi connectivity index (χ0) is 21.5. The van der Waals surface area contributed by atoms with Crippen LogP contribution in [0.3, 0.4) is 0 Å². The van der Waals surface area contributed by atoms with E-state index in [4.69, 9.17) is 9.47 Å². The lowest BCUT2D eigenvalue weighted by molar-refractivity contribution is 0.215. The van der Waals surface area contributed by atoms with Crippen molar-refractivity contribution in [3.63, 3.8) is 0 Å². The van der Waals surface area contributed by atoms with Crippen molar-refractivity contribution < 1.29 is 9.47 Å². The van der Waals surface area contributed by atoms with E-state index in [1.807, 2.05) is 60.3 Å². The first-order valence-corrected chi connectivity index (χ1v) is 10.6. The van der Waals surface area contributed by atoms with Gasteiger partial charge in [-0.25, -0.2) is 4.68 Å². The van der Waals surface area contributed by atoms with E-state index in [2.05, 4.69) is 38.6 Å². The van der Waals surface area contributed by atoms with Gasteiger partial charge in [-0.05, 0) is 36.8 Å². The van der Waals surface area contributed by atoms with Crippen LogP contribution in [0.15, 0.2) is 85.0 Å². The SMILES string of the molecule is CCOc1ccccc1C1Oc2ccccc2C2=C1C(c1cccnc1)n1ncnc1N2. The predicted molar refractivity (Wildman–Crippen MR) is 120 cm³/mol. The molecule has 6 rings (SSSR count). The average molecular weight is 423 g/mol. The molecule has 0 amide bonds. The van der Waals surface area contributed by atoms with Gasteiger partial charge in [-0.15, -0.1) is 0 Å². The molecule has 2 unspecified atom stereocenters. The number of nitrogens with one attached hydrogen (secondary N) is 1. The van der Waals surface area contributed by atoms with E-state index < -0.39 is 0 Å². The second-order valence-corrected chi connectivity index (χ2v) is 7.64. The smallest absolute Gasteiger partial charge is 0.226 e. The van der Waals surface area contributed by atoms with Crippen molar-refractivity contribution in [2.75, 3.05) is 11.9 Å². The standard InChI is InChI=1S/C25H21N5O2/c1-2-31-19-11-5-4-10-18(19)24-21-22(17-9-3-6-12-20(17)32-24)29-25-27-15-28-30(25)23(21)16-8-7-13-26-14-16/h3-15,23-24H,2H2,1H3,(H,27,28,29). The van der Waals surface area contributed by atoms with Crippen LogP contribution in [0.2, 0.25) is 0 Å². The summed E-state index contributed by atoms with van der Waals surface area (Å²) in [5.74, 6) is 2.31. The lowest BCUT2D eigenvalue weighted by atomic mass is 9.85. The fraction of sp³-hybridized carbons (Fsp3) is 0.160. The summed E-state index contributed by atoms with van der Waals surface area (Å²) in [5, 5.41) is 8.06. The Balaban J connectivity index is 1.63. The number of fused-ring (bicyclic) bond motifs is 3. The maximum atomic E-state index is 6.66. The molecule has 7 nitrogen and oxygen atoms in total. The number of hydrogen-bond donors (Lipinski definition) is 1. The van der Waals surface area contributed by atoms with Gasteiger partial charge in [0.05, 0.1) is 12.3 Å². The maximum absolute atomic E-state index is 6.66. The van der Waals surface area contributed by atoms with E-state index in [-0.39, 0.29) is 12.1 Å². The summed E-state index contributed by atoms with van der Waals surface area (Å²) in [6, 6.07) is 19.9. The largest absolute Gasteiger partial charge is 0.493 e. The number of pyridine rings is 1. The number of ether oxygens (including phenoxy) is 2. The molecule has 0 aliphatic carbocycles. The van der Waals surface area contributed by atoms with Gasteiger partial charge in [0.25, 0.3) is 0 Å². The molecule has 32 heavy (non-hydrogen) atoms. The Morgan fingerprint density at radius 1 is 1.06 bits per heavy atom. The summed E-state index contributed by atoms with van der Waals surface area (Å²) in [6.07, 6.45) is 4.84. The van der Waals surface area contributed by atoms with Crippen molar-refractivity contribution in [1.29, 1.82) is 0 Å². The Hall–Kier alpha value is -4.13. The highest BCUT2D eigenvalue weighted by atomic mass is 16.5. The fourth-order valence-electron chi connectivity index (χ4n) is 4.52. The Bertz CT molecular complexity index is 1310. The molecule has 4 aromatic rings. The normalized spacial score (nSPS) is 18.7. The summed E-state index contributed by atoms with van der Waals surface area (Å²) in [6.45, 7) is 2.56. The molecule has 0 bridgehead atoms. The van der Waals surface area contributed by atoms with Gasteiger partial charge in [-0.2, -0.15) is 10.1 Å². The van der Waals surface area contributed by atoms with Crippen molar-refractivity contribution in [3.05, 3.63) is 102 Å². The van der Waals surface area contributed by atoms with Crippen molar-refractivity contribution in [2.45, 2.75) is 19.1 Å². The first-order valence-electron chi connectivity index (χ1n) is 10.6. The number of rotatable bonds is 4. The highest BCUT2D eigenvalue weighted by Crippen LogP contribution is 2.51. The minimum Gasteiger partial charge on any atom is -0.493 e. The zero-order valence-electron chi connectivity index (χ0n) is 17.5. The Morgan fingerprint density at radius 2 is 1.94 bits per heavy atom. The van der Waals surface area contributed by atoms with Crippen LogP contribution in [-0.4, -0.2) is 26.4 Å². The van der Waals surface area contributed by atoms with Gasteiger partial charge in [-0.1, -0.05) is 36.4 Å². The van der Waals surface area contributed by atoms with Gasteiger partial charge in [0.15, 0.2) is 6.10 Å². The van der Waals surface area contributed by atoms with Crippen LogP contribution in [0, 0.1) is 0 Å². The van der Waals surface area contributed by atoms with Crippen LogP contribution in [0.1, 0.15) is 35.8 Å². The Labute approximate surface area is 185 Å². The third-order valence-corrected chi connectivity index (χ3v) is 5.82. The molecule has 2 aliphatic heterocycles. The first kappa shape index (κ1) is 18.6. The molecule has 0 fully saturated rings. The highest BCUT2D eigenvalue weighted by Gasteiger charge is 2.41. The van der Waals surface area contributed by atoms with E-state index in [1.54, 1.807) is 12.5 Å². The first-order chi connectivity index (χ1) is 15.8. The van der Waals surface area contributed by atoms with Gasteiger partial charge < -0.3 is 14.8 Å². The lowest BCUT2D eigenvalue weighted by Gasteiger charge is -2.39. The molecule has 0 saturated heterocycles. The molecule has 4 heterocycles. The van der Waals surface area contributed by atoms with Gasteiger partial charge in [0, 0.05) is 29.1 Å². The number of anilines is 1. The lowest BCUT2D eigenvalue weighted by Crippen LogP contribution is -2.32. The van der Waals surface area contributed by atoms with E-state index in [0.29, 0.717) is 12.6 Å². The van der Waals surface area contributed by atoms with E-state index in [0.717, 1.165) is 39.5 Å². The summed E-state index contributed by atoms with van der Waals surface area (Å²) in [5.41, 5.74) is 5.00. The van der Waals surface area contributed by atoms with E-state index >= 15 is 0 Å². The molecule has 1 N–H and O–H groups in total. The minimum atomic E-state index is -0.377. The van der Waals surface area contributed by atoms with Crippen LogP contribution < -0.4 is 14.8 Å². The van der Waals surface area contributed by atoms with Crippen molar-refractivity contribution >= 4 is 11.6 Å². The Morgan fingerprint density at radius 3 is 2.81 bits per heavy atom. The van der Waals surface area contributed by atoms with Crippen LogP contribution in [0.5, 0.6) is 11.5 Å². The molecule has 2 atom stereocenters. The zero-order valence-corrected chi connectivity index (χ0v) is 17.5. The van der Waals surface area contributed by atoms with Gasteiger partial charge in [-0.3, -0.25) is 4.98 Å².